The van der Waals surface area contributed by atoms with Gasteiger partial charge >= 0.3 is 6.18 Å². The first-order chi connectivity index (χ1) is 4.02. The van der Waals surface area contributed by atoms with E-state index in [9.17, 15) is 13.2 Å². The van der Waals surface area contributed by atoms with Crippen LogP contribution in [0.1, 0.15) is 0 Å². The van der Waals surface area contributed by atoms with E-state index in [4.69, 9.17) is 11.6 Å². The molecule has 0 aliphatic rings. The van der Waals surface area contributed by atoms with Crippen molar-refractivity contribution < 1.29 is 17.9 Å². The van der Waals surface area contributed by atoms with Gasteiger partial charge in [0.1, 0.15) is 0 Å². The Morgan fingerprint density at radius 3 is 2.00 bits per heavy atom. The number of methoxy groups -OCH3 is 1. The van der Waals surface area contributed by atoms with E-state index in [1.165, 1.54) is 0 Å². The molecule has 0 atom stereocenters. The number of alkyl halides is 3. The van der Waals surface area contributed by atoms with Gasteiger partial charge in [-0.1, -0.05) is 11.6 Å². The molecule has 0 heterocycles. The van der Waals surface area contributed by atoms with Gasteiger partial charge < -0.3 is 4.74 Å². The lowest BCUT2D eigenvalue weighted by Gasteiger charge is -2.06. The van der Waals surface area contributed by atoms with Gasteiger partial charge in [-0.3, -0.25) is 0 Å². The van der Waals surface area contributed by atoms with Crippen molar-refractivity contribution in [2.75, 3.05) is 7.11 Å². The minimum Gasteiger partial charge on any atom is -0.492 e. The first kappa shape index (κ1) is 8.62. The molecule has 0 spiro atoms. The minimum atomic E-state index is -4.48. The Morgan fingerprint density at radius 2 is 2.00 bits per heavy atom. The quantitative estimate of drug-likeness (QED) is 0.535. The second-order valence-corrected chi connectivity index (χ2v) is 1.39. The van der Waals surface area contributed by atoms with Crippen LogP contribution in [0, 0.1) is 0 Å². The molecule has 0 radical (unpaired) electrons. The van der Waals surface area contributed by atoms with Crippen LogP contribution in [0.25, 0.3) is 0 Å². The second-order valence-electron chi connectivity index (χ2n) is 1.18. The first-order valence-electron chi connectivity index (χ1n) is 1.94. The summed E-state index contributed by atoms with van der Waals surface area (Å²) in [6.45, 7) is 0. The number of allylic oxidation sites excluding steroid dienone is 1. The van der Waals surface area contributed by atoms with Gasteiger partial charge in [-0.25, -0.2) is 0 Å². The van der Waals surface area contributed by atoms with Gasteiger partial charge in [-0.15, -0.1) is 0 Å². The first-order valence-corrected chi connectivity index (χ1v) is 2.37. The summed E-state index contributed by atoms with van der Waals surface area (Å²) in [5.41, 5.74) is 0.347. The third kappa shape index (κ3) is 2.60. The number of hydrogen-bond acceptors (Lipinski definition) is 1. The van der Waals surface area contributed by atoms with Crippen LogP contribution < -0.4 is 0 Å². The average molecular weight is 161 g/mol. The SMILES string of the molecule is CO/C(=C/Cl)C(F)(F)F. The van der Waals surface area contributed by atoms with Crippen LogP contribution in [0.4, 0.5) is 13.2 Å². The molecule has 54 valence electrons. The van der Waals surface area contributed by atoms with E-state index in [1.54, 1.807) is 0 Å². The predicted molar refractivity (Wildman–Crippen MR) is 27.0 cm³/mol. The number of hydrogen-bond donors (Lipinski definition) is 0. The predicted octanol–water partition coefficient (Wildman–Crippen LogP) is 2.28. The van der Waals surface area contributed by atoms with Crippen LogP contribution in [0.2, 0.25) is 0 Å². The maximum absolute atomic E-state index is 11.4. The van der Waals surface area contributed by atoms with Crippen LogP contribution in [0.3, 0.4) is 0 Å². The molecular formula is C4H4ClF3O. The molecule has 0 saturated carbocycles. The molecule has 0 N–H and O–H groups in total. The summed E-state index contributed by atoms with van der Waals surface area (Å²) >= 11 is 4.75. The lowest BCUT2D eigenvalue weighted by atomic mass is 10.5. The maximum atomic E-state index is 11.4. The third-order valence-corrected chi connectivity index (χ3v) is 0.797. The smallest absolute Gasteiger partial charge is 0.449 e. The Labute approximate surface area is 55.1 Å². The summed E-state index contributed by atoms with van der Waals surface area (Å²) in [7, 11) is 0.904. The van der Waals surface area contributed by atoms with Gasteiger partial charge in [0.05, 0.1) is 12.6 Å². The van der Waals surface area contributed by atoms with Crippen LogP contribution in [0.5, 0.6) is 0 Å². The molecule has 0 aromatic rings. The summed E-state index contributed by atoms with van der Waals surface area (Å²) < 4.78 is 38.2. The van der Waals surface area contributed by atoms with Crippen LogP contribution in [0.15, 0.2) is 11.3 Å². The van der Waals surface area contributed by atoms with Crippen molar-refractivity contribution in [3.8, 4) is 0 Å². The van der Waals surface area contributed by atoms with Gasteiger partial charge in [0.15, 0.2) is 0 Å². The molecule has 0 saturated heterocycles. The molecule has 0 aromatic heterocycles. The Kier molecular flexibility index (Phi) is 2.84. The van der Waals surface area contributed by atoms with E-state index in [-0.39, 0.29) is 0 Å². The summed E-state index contributed by atoms with van der Waals surface area (Å²) in [5, 5.41) is 0. The van der Waals surface area contributed by atoms with E-state index in [1.807, 2.05) is 0 Å². The van der Waals surface area contributed by atoms with Gasteiger partial charge in [-0.05, 0) is 0 Å². The summed E-state index contributed by atoms with van der Waals surface area (Å²) in [4.78, 5) is 0. The lowest BCUT2D eigenvalue weighted by molar-refractivity contribution is -0.125. The summed E-state index contributed by atoms with van der Waals surface area (Å²) in [6, 6.07) is 0. The molecule has 0 unspecified atom stereocenters. The minimum absolute atomic E-state index is 0.347. The monoisotopic (exact) mass is 160 g/mol. The number of halogens is 4. The largest absolute Gasteiger partial charge is 0.492 e. The Morgan fingerprint density at radius 1 is 1.56 bits per heavy atom. The Balaban J connectivity index is 4.14. The van der Waals surface area contributed by atoms with E-state index in [0.717, 1.165) is 7.11 Å². The molecule has 0 aliphatic heterocycles. The zero-order valence-electron chi connectivity index (χ0n) is 4.50. The molecule has 1 nitrogen and oxygen atoms in total. The van der Waals surface area contributed by atoms with E-state index in [0.29, 0.717) is 5.54 Å². The van der Waals surface area contributed by atoms with Crippen molar-refractivity contribution in [2.24, 2.45) is 0 Å². The molecule has 0 aromatic carbocycles. The zero-order chi connectivity index (χ0) is 7.49. The van der Waals surface area contributed by atoms with Crippen molar-refractivity contribution in [1.82, 2.24) is 0 Å². The standard InChI is InChI=1S/C4H4ClF3O/c1-9-3(2-5)4(6,7)8/h2H,1H3/b3-2+. The fraction of sp³-hybridized carbons (Fsp3) is 0.500. The van der Waals surface area contributed by atoms with E-state index >= 15 is 0 Å². The molecule has 0 bridgehead atoms. The normalized spacial score (nSPS) is 13.7. The number of ether oxygens (including phenoxy) is 1. The third-order valence-electron chi connectivity index (χ3n) is 0.598. The topological polar surface area (TPSA) is 9.23 Å². The van der Waals surface area contributed by atoms with Crippen molar-refractivity contribution in [1.29, 1.82) is 0 Å². The van der Waals surface area contributed by atoms with Crippen molar-refractivity contribution in [2.45, 2.75) is 6.18 Å². The summed E-state index contributed by atoms with van der Waals surface area (Å²) in [6.07, 6.45) is -4.48. The second kappa shape index (κ2) is 2.96. The zero-order valence-corrected chi connectivity index (χ0v) is 5.25. The van der Waals surface area contributed by atoms with E-state index < -0.39 is 11.9 Å². The van der Waals surface area contributed by atoms with Crippen molar-refractivity contribution in [3.63, 3.8) is 0 Å². The van der Waals surface area contributed by atoms with Gasteiger partial charge in [-0.2, -0.15) is 13.2 Å². The van der Waals surface area contributed by atoms with Gasteiger partial charge in [0.2, 0.25) is 5.76 Å². The fourth-order valence-electron chi connectivity index (χ4n) is 0.222. The van der Waals surface area contributed by atoms with Crippen LogP contribution >= 0.6 is 11.6 Å². The Hall–Kier alpha value is -0.380. The van der Waals surface area contributed by atoms with Crippen molar-refractivity contribution >= 4 is 11.6 Å². The average Bonchev–Trinajstić information content (AvgIpc) is 1.65. The molecule has 0 rings (SSSR count). The molecular weight excluding hydrogens is 156 g/mol. The van der Waals surface area contributed by atoms with Gasteiger partial charge in [0, 0.05) is 0 Å². The highest BCUT2D eigenvalue weighted by atomic mass is 35.5. The number of rotatable bonds is 1. The highest BCUT2D eigenvalue weighted by Crippen LogP contribution is 2.25. The van der Waals surface area contributed by atoms with Crippen LogP contribution in [-0.4, -0.2) is 13.3 Å². The molecule has 9 heavy (non-hydrogen) atoms. The molecule has 0 amide bonds. The Bertz CT molecular complexity index is 117. The van der Waals surface area contributed by atoms with E-state index in [2.05, 4.69) is 4.74 Å². The van der Waals surface area contributed by atoms with Gasteiger partial charge in [0.25, 0.3) is 0 Å². The molecule has 5 heteroatoms. The summed E-state index contributed by atoms with van der Waals surface area (Å²) in [5.74, 6) is -1.19. The van der Waals surface area contributed by atoms with Crippen LogP contribution in [-0.2, 0) is 4.74 Å². The lowest BCUT2D eigenvalue weighted by Crippen LogP contribution is -2.12. The fourth-order valence-corrected chi connectivity index (χ4v) is 0.435. The maximum Gasteiger partial charge on any atom is 0.449 e. The highest BCUT2D eigenvalue weighted by Gasteiger charge is 2.34. The molecule has 0 fully saturated rings. The molecule has 0 aliphatic carbocycles. The highest BCUT2D eigenvalue weighted by molar-refractivity contribution is 6.25. The van der Waals surface area contributed by atoms with Crippen molar-refractivity contribution in [3.05, 3.63) is 11.3 Å².